The Hall–Kier alpha value is -1.56. The average molecular weight is 403 g/mol. The molecule has 0 radical (unpaired) electrons. The summed E-state index contributed by atoms with van der Waals surface area (Å²) in [5, 5.41) is 3.51. The summed E-state index contributed by atoms with van der Waals surface area (Å²) in [4.78, 5) is 15.4. The molecular weight excluding hydrogens is 372 g/mol. The number of ether oxygens (including phenoxy) is 2. The van der Waals surface area contributed by atoms with E-state index < -0.39 is 0 Å². The lowest BCUT2D eigenvalue weighted by atomic mass is 9.53. The molecule has 0 spiro atoms. The summed E-state index contributed by atoms with van der Waals surface area (Å²) >= 11 is 1.80. The Balaban J connectivity index is 1.37. The number of hydrogen-bond donors (Lipinski definition) is 1. The summed E-state index contributed by atoms with van der Waals surface area (Å²) in [6.45, 7) is 0.772. The van der Waals surface area contributed by atoms with Crippen LogP contribution in [0.3, 0.4) is 0 Å². The molecule has 5 fully saturated rings. The number of benzene rings is 1. The van der Waals surface area contributed by atoms with Crippen LogP contribution in [0.4, 0.5) is 4.79 Å². The number of hydrogen-bond acceptors (Lipinski definition) is 4. The van der Waals surface area contributed by atoms with Gasteiger partial charge >= 0.3 is 6.03 Å². The van der Waals surface area contributed by atoms with Gasteiger partial charge in [0.15, 0.2) is 11.5 Å². The topological polar surface area (TPSA) is 50.8 Å². The van der Waals surface area contributed by atoms with Gasteiger partial charge in [0.1, 0.15) is 5.37 Å². The van der Waals surface area contributed by atoms with E-state index in [2.05, 4.69) is 11.4 Å². The molecule has 4 bridgehead atoms. The minimum atomic E-state index is -0.0287. The second-order valence-corrected chi connectivity index (χ2v) is 10.3. The zero-order valence-electron chi connectivity index (χ0n) is 16.8. The Morgan fingerprint density at radius 3 is 2.39 bits per heavy atom. The standard InChI is InChI=1S/C22H30N2O3S/c1-26-18-5-3-4-17(19(18)27-2)20-24(6-7-28-20)21(25)23-22-11-14-8-15(12-22)10-16(9-14)13-22/h3-5,14-16,20H,6-13H2,1-2H3,(H,23,25). The number of para-hydroxylation sites is 1. The molecule has 2 amide bonds. The number of amides is 2. The van der Waals surface area contributed by atoms with Crippen LogP contribution in [0.1, 0.15) is 49.5 Å². The molecule has 4 saturated carbocycles. The van der Waals surface area contributed by atoms with Crippen LogP contribution in [0.15, 0.2) is 18.2 Å². The van der Waals surface area contributed by atoms with Crippen LogP contribution in [0, 0.1) is 17.8 Å². The molecule has 4 aliphatic carbocycles. The summed E-state index contributed by atoms with van der Waals surface area (Å²) in [5.41, 5.74) is 1.06. The fourth-order valence-electron chi connectivity index (χ4n) is 6.60. The second-order valence-electron chi connectivity index (χ2n) is 9.13. The molecule has 1 aliphatic heterocycles. The number of nitrogens with one attached hydrogen (secondary N) is 1. The number of carbonyl (C=O) groups excluding carboxylic acids is 1. The molecule has 1 heterocycles. The third-order valence-corrected chi connectivity index (χ3v) is 8.50. The lowest BCUT2D eigenvalue weighted by molar-refractivity contribution is -0.0156. The summed E-state index contributed by atoms with van der Waals surface area (Å²) in [5.74, 6) is 4.88. The summed E-state index contributed by atoms with van der Waals surface area (Å²) < 4.78 is 11.1. The van der Waals surface area contributed by atoms with Crippen molar-refractivity contribution in [2.45, 2.75) is 49.4 Å². The van der Waals surface area contributed by atoms with Gasteiger partial charge in [-0.15, -0.1) is 11.8 Å². The molecule has 1 unspecified atom stereocenters. The Labute approximate surface area is 171 Å². The van der Waals surface area contributed by atoms with E-state index in [0.29, 0.717) is 5.75 Å². The van der Waals surface area contributed by atoms with Crippen molar-refractivity contribution in [1.82, 2.24) is 10.2 Å². The molecule has 6 rings (SSSR count). The van der Waals surface area contributed by atoms with E-state index in [1.165, 1.54) is 38.5 Å². The molecular formula is C22H30N2O3S. The first-order chi connectivity index (χ1) is 13.6. The molecule has 28 heavy (non-hydrogen) atoms. The normalized spacial score (nSPS) is 35.9. The van der Waals surface area contributed by atoms with Crippen molar-refractivity contribution in [2.75, 3.05) is 26.5 Å². The van der Waals surface area contributed by atoms with Crippen molar-refractivity contribution in [2.24, 2.45) is 17.8 Å². The predicted molar refractivity (Wildman–Crippen MR) is 111 cm³/mol. The van der Waals surface area contributed by atoms with Gasteiger partial charge in [-0.2, -0.15) is 0 Å². The van der Waals surface area contributed by atoms with Gasteiger partial charge in [-0.05, 0) is 62.3 Å². The third kappa shape index (κ3) is 3.04. The largest absolute Gasteiger partial charge is 0.493 e. The van der Waals surface area contributed by atoms with Crippen LogP contribution < -0.4 is 14.8 Å². The highest BCUT2D eigenvalue weighted by molar-refractivity contribution is 7.99. The number of methoxy groups -OCH3 is 2. The maximum absolute atomic E-state index is 13.4. The Morgan fingerprint density at radius 2 is 1.79 bits per heavy atom. The van der Waals surface area contributed by atoms with Crippen molar-refractivity contribution < 1.29 is 14.3 Å². The minimum Gasteiger partial charge on any atom is -0.493 e. The molecule has 1 saturated heterocycles. The van der Waals surface area contributed by atoms with E-state index in [1.807, 2.05) is 17.0 Å². The molecule has 1 aromatic rings. The fraction of sp³-hybridized carbons (Fsp3) is 0.682. The van der Waals surface area contributed by atoms with Crippen LogP contribution in [0.25, 0.3) is 0 Å². The van der Waals surface area contributed by atoms with E-state index in [0.717, 1.165) is 41.4 Å². The first kappa shape index (κ1) is 18.5. The van der Waals surface area contributed by atoms with Gasteiger partial charge in [0.2, 0.25) is 0 Å². The van der Waals surface area contributed by atoms with E-state index >= 15 is 0 Å². The van der Waals surface area contributed by atoms with Crippen LogP contribution in [-0.2, 0) is 0 Å². The molecule has 1 N–H and O–H groups in total. The number of rotatable bonds is 4. The molecule has 1 aromatic carbocycles. The molecule has 6 heteroatoms. The lowest BCUT2D eigenvalue weighted by Crippen LogP contribution is -2.61. The van der Waals surface area contributed by atoms with Crippen LogP contribution in [0.2, 0.25) is 0 Å². The van der Waals surface area contributed by atoms with E-state index in [9.17, 15) is 4.79 Å². The van der Waals surface area contributed by atoms with Gasteiger partial charge in [0.05, 0.1) is 14.2 Å². The summed E-state index contributed by atoms with van der Waals surface area (Å²) in [6.07, 6.45) is 7.70. The maximum Gasteiger partial charge on any atom is 0.319 e. The number of carbonyl (C=O) groups is 1. The Kier molecular flexibility index (Phi) is 4.65. The second kappa shape index (κ2) is 7.05. The fourth-order valence-corrected chi connectivity index (χ4v) is 7.88. The average Bonchev–Trinajstić information content (AvgIpc) is 3.15. The van der Waals surface area contributed by atoms with E-state index in [-0.39, 0.29) is 16.9 Å². The van der Waals surface area contributed by atoms with Crippen molar-refractivity contribution in [3.8, 4) is 11.5 Å². The first-order valence-electron chi connectivity index (χ1n) is 10.5. The molecule has 152 valence electrons. The SMILES string of the molecule is COc1cccc(C2SCCN2C(=O)NC23CC4CC(CC(C4)C2)C3)c1OC. The summed E-state index contributed by atoms with van der Waals surface area (Å²) in [7, 11) is 3.32. The molecule has 0 aromatic heterocycles. The van der Waals surface area contributed by atoms with Crippen LogP contribution in [0.5, 0.6) is 11.5 Å². The van der Waals surface area contributed by atoms with E-state index in [1.54, 1.807) is 26.0 Å². The quantitative estimate of drug-likeness (QED) is 0.809. The zero-order valence-corrected chi connectivity index (χ0v) is 17.6. The predicted octanol–water partition coefficient (Wildman–Crippen LogP) is 4.43. The van der Waals surface area contributed by atoms with Crippen molar-refractivity contribution in [3.05, 3.63) is 23.8 Å². The van der Waals surface area contributed by atoms with E-state index in [4.69, 9.17) is 9.47 Å². The number of urea groups is 1. The Bertz CT molecular complexity index is 733. The third-order valence-electron chi connectivity index (χ3n) is 7.26. The zero-order chi connectivity index (χ0) is 19.3. The lowest BCUT2D eigenvalue weighted by Gasteiger charge is -2.57. The first-order valence-corrected chi connectivity index (χ1v) is 11.6. The number of thioether (sulfide) groups is 1. The Morgan fingerprint density at radius 1 is 1.11 bits per heavy atom. The van der Waals surface area contributed by atoms with Crippen molar-refractivity contribution >= 4 is 17.8 Å². The van der Waals surface area contributed by atoms with Crippen LogP contribution in [-0.4, -0.2) is 43.0 Å². The molecule has 1 atom stereocenters. The maximum atomic E-state index is 13.4. The highest BCUT2D eigenvalue weighted by Gasteiger charge is 2.52. The molecule has 5 nitrogen and oxygen atoms in total. The van der Waals surface area contributed by atoms with Gasteiger partial charge in [-0.3, -0.25) is 0 Å². The smallest absolute Gasteiger partial charge is 0.319 e. The highest BCUT2D eigenvalue weighted by atomic mass is 32.2. The van der Waals surface area contributed by atoms with Gasteiger partial charge in [-0.25, -0.2) is 4.79 Å². The van der Waals surface area contributed by atoms with Crippen molar-refractivity contribution in [3.63, 3.8) is 0 Å². The highest BCUT2D eigenvalue weighted by Crippen LogP contribution is 2.56. The van der Waals surface area contributed by atoms with Gasteiger partial charge < -0.3 is 19.7 Å². The minimum absolute atomic E-state index is 0.0287. The van der Waals surface area contributed by atoms with Crippen LogP contribution >= 0.6 is 11.8 Å². The number of nitrogens with zero attached hydrogens (tertiary/aromatic N) is 1. The summed E-state index contributed by atoms with van der Waals surface area (Å²) in [6, 6.07) is 6.03. The molecule has 5 aliphatic rings. The monoisotopic (exact) mass is 402 g/mol. The van der Waals surface area contributed by atoms with Crippen molar-refractivity contribution in [1.29, 1.82) is 0 Å². The van der Waals surface area contributed by atoms with Gasteiger partial charge in [0, 0.05) is 23.4 Å². The van der Waals surface area contributed by atoms with Gasteiger partial charge in [-0.1, -0.05) is 12.1 Å². The van der Waals surface area contributed by atoms with Gasteiger partial charge in [0.25, 0.3) is 0 Å².